The predicted octanol–water partition coefficient (Wildman–Crippen LogP) is -0.828. The van der Waals surface area contributed by atoms with Crippen LogP contribution >= 0.6 is 0 Å². The number of carbonyl (C=O) groups is 1. The monoisotopic (exact) mass is 308 g/mol. The van der Waals surface area contributed by atoms with Gasteiger partial charge in [-0.05, 0) is 5.92 Å². The van der Waals surface area contributed by atoms with E-state index >= 15 is 0 Å². The molecule has 1 saturated heterocycles. The third-order valence-electron chi connectivity index (χ3n) is 3.30. The molecule has 1 amide bonds. The third-order valence-corrected chi connectivity index (χ3v) is 5.17. The maximum atomic E-state index is 12.0. The molecule has 118 valence electrons. The van der Waals surface area contributed by atoms with E-state index in [1.165, 1.54) is 4.31 Å². The second kappa shape index (κ2) is 7.92. The fourth-order valence-corrected chi connectivity index (χ4v) is 3.28. The maximum Gasteiger partial charge on any atom is 0.221 e. The zero-order valence-electron chi connectivity index (χ0n) is 12.0. The molecule has 1 rings (SSSR count). The molecule has 0 aromatic rings. The lowest BCUT2D eigenvalue weighted by Gasteiger charge is -2.26. The summed E-state index contributed by atoms with van der Waals surface area (Å²) >= 11 is 0. The smallest absolute Gasteiger partial charge is 0.221 e. The molecule has 7 nitrogen and oxygen atoms in total. The second-order valence-corrected chi connectivity index (χ2v) is 7.27. The fraction of sp³-hybridized carbons (Fsp3) is 0.917. The van der Waals surface area contributed by atoms with Crippen LogP contribution in [-0.4, -0.2) is 68.4 Å². The average molecular weight is 308 g/mol. The maximum absolute atomic E-state index is 12.0. The highest BCUT2D eigenvalue weighted by Gasteiger charge is 2.25. The quantitative estimate of drug-likeness (QED) is 0.640. The molecule has 1 fully saturated rings. The number of ether oxygens (including phenoxy) is 1. The van der Waals surface area contributed by atoms with Crippen LogP contribution in [-0.2, 0) is 19.6 Å². The minimum atomic E-state index is -3.41. The molecule has 1 heterocycles. The fourth-order valence-electron chi connectivity index (χ4n) is 1.88. The number of nitrogens with zero attached hydrogens (tertiary/aromatic N) is 1. The highest BCUT2D eigenvalue weighted by Crippen LogP contribution is 2.07. The van der Waals surface area contributed by atoms with Gasteiger partial charge in [0.2, 0.25) is 15.9 Å². The SMILES string of the molecule is CC(C)[C@@H](CO)NC(=O)CCS(=O)(=O)N1CCOCC1. The summed E-state index contributed by atoms with van der Waals surface area (Å²) in [7, 11) is -3.41. The minimum absolute atomic E-state index is 0.0943. The topological polar surface area (TPSA) is 95.9 Å². The second-order valence-electron chi connectivity index (χ2n) is 5.18. The van der Waals surface area contributed by atoms with Crippen LogP contribution in [0.1, 0.15) is 20.3 Å². The molecule has 0 aromatic heterocycles. The lowest BCUT2D eigenvalue weighted by atomic mass is 10.1. The Labute approximate surface area is 120 Å². The number of aliphatic hydroxyl groups is 1. The zero-order valence-corrected chi connectivity index (χ0v) is 12.9. The average Bonchev–Trinajstić information content (AvgIpc) is 2.43. The number of rotatable bonds is 7. The predicted molar refractivity (Wildman–Crippen MR) is 74.7 cm³/mol. The van der Waals surface area contributed by atoms with Crippen molar-refractivity contribution in [2.24, 2.45) is 5.92 Å². The number of carbonyl (C=O) groups excluding carboxylic acids is 1. The molecule has 0 unspecified atom stereocenters. The number of morpholine rings is 1. The molecule has 0 radical (unpaired) electrons. The lowest BCUT2D eigenvalue weighted by Crippen LogP contribution is -2.44. The summed E-state index contributed by atoms with van der Waals surface area (Å²) in [6.07, 6.45) is -0.0943. The van der Waals surface area contributed by atoms with Crippen LogP contribution in [0.2, 0.25) is 0 Å². The van der Waals surface area contributed by atoms with Crippen molar-refractivity contribution >= 4 is 15.9 Å². The number of sulfonamides is 1. The van der Waals surface area contributed by atoms with E-state index in [2.05, 4.69) is 5.32 Å². The number of hydrogen-bond acceptors (Lipinski definition) is 5. The summed E-state index contributed by atoms with van der Waals surface area (Å²) in [5, 5.41) is 11.8. The molecule has 1 aliphatic heterocycles. The first-order valence-electron chi connectivity index (χ1n) is 6.82. The summed E-state index contributed by atoms with van der Waals surface area (Å²) < 4.78 is 30.5. The van der Waals surface area contributed by atoms with Gasteiger partial charge < -0.3 is 15.2 Å². The standard InChI is InChI=1S/C12H24N2O5S/c1-10(2)11(9-15)13-12(16)3-8-20(17,18)14-4-6-19-7-5-14/h10-11,15H,3-9H2,1-2H3,(H,13,16)/t11-/m1/s1. The molecule has 0 aliphatic carbocycles. The molecule has 2 N–H and O–H groups in total. The molecule has 20 heavy (non-hydrogen) atoms. The molecule has 1 atom stereocenters. The molecule has 0 aromatic carbocycles. The Hall–Kier alpha value is -0.700. The van der Waals surface area contributed by atoms with Gasteiger partial charge in [-0.25, -0.2) is 8.42 Å². The molecule has 0 saturated carbocycles. The van der Waals surface area contributed by atoms with E-state index in [-0.39, 0.29) is 36.6 Å². The zero-order chi connectivity index (χ0) is 15.2. The number of amides is 1. The number of hydrogen-bond donors (Lipinski definition) is 2. The van der Waals surface area contributed by atoms with Gasteiger partial charge in [0.05, 0.1) is 31.6 Å². The van der Waals surface area contributed by atoms with Crippen LogP contribution in [0.15, 0.2) is 0 Å². The van der Waals surface area contributed by atoms with Crippen molar-refractivity contribution in [3.63, 3.8) is 0 Å². The largest absolute Gasteiger partial charge is 0.394 e. The van der Waals surface area contributed by atoms with Gasteiger partial charge in [-0.15, -0.1) is 0 Å². The molecule has 1 aliphatic rings. The van der Waals surface area contributed by atoms with Gasteiger partial charge in [0.1, 0.15) is 0 Å². The van der Waals surface area contributed by atoms with E-state index in [9.17, 15) is 13.2 Å². The van der Waals surface area contributed by atoms with Gasteiger partial charge in [-0.1, -0.05) is 13.8 Å². The Morgan fingerprint density at radius 1 is 1.35 bits per heavy atom. The number of nitrogens with one attached hydrogen (secondary N) is 1. The Morgan fingerprint density at radius 2 is 1.95 bits per heavy atom. The van der Waals surface area contributed by atoms with Crippen molar-refractivity contribution in [1.82, 2.24) is 9.62 Å². The Morgan fingerprint density at radius 3 is 2.45 bits per heavy atom. The van der Waals surface area contributed by atoms with Gasteiger partial charge >= 0.3 is 0 Å². The first-order chi connectivity index (χ1) is 9.36. The summed E-state index contributed by atoms with van der Waals surface area (Å²) in [5.74, 6) is -0.468. The van der Waals surface area contributed by atoms with Gasteiger partial charge in [-0.3, -0.25) is 4.79 Å². The van der Waals surface area contributed by atoms with E-state index in [1.54, 1.807) is 0 Å². The van der Waals surface area contributed by atoms with Crippen LogP contribution in [0.5, 0.6) is 0 Å². The normalized spacial score (nSPS) is 19.0. The summed E-state index contributed by atoms with van der Waals surface area (Å²) in [4.78, 5) is 11.7. The van der Waals surface area contributed by atoms with Crippen LogP contribution in [0, 0.1) is 5.92 Å². The summed E-state index contributed by atoms with van der Waals surface area (Å²) in [5.41, 5.74) is 0. The summed E-state index contributed by atoms with van der Waals surface area (Å²) in [6, 6.07) is -0.339. The van der Waals surface area contributed by atoms with Gasteiger partial charge in [0, 0.05) is 19.5 Å². The highest BCUT2D eigenvalue weighted by atomic mass is 32.2. The highest BCUT2D eigenvalue weighted by molar-refractivity contribution is 7.89. The van der Waals surface area contributed by atoms with E-state index in [0.717, 1.165) is 0 Å². The molecule has 0 spiro atoms. The van der Waals surface area contributed by atoms with Crippen molar-refractivity contribution < 1.29 is 23.1 Å². The van der Waals surface area contributed by atoms with Crippen molar-refractivity contribution in [3.05, 3.63) is 0 Å². The van der Waals surface area contributed by atoms with Crippen molar-refractivity contribution in [1.29, 1.82) is 0 Å². The molecule has 8 heteroatoms. The molecule has 0 bridgehead atoms. The van der Waals surface area contributed by atoms with Crippen LogP contribution in [0.25, 0.3) is 0 Å². The number of aliphatic hydroxyl groups excluding tert-OH is 1. The van der Waals surface area contributed by atoms with E-state index in [1.807, 2.05) is 13.8 Å². The van der Waals surface area contributed by atoms with Crippen LogP contribution in [0.3, 0.4) is 0 Å². The van der Waals surface area contributed by atoms with Gasteiger partial charge in [0.15, 0.2) is 0 Å². The van der Waals surface area contributed by atoms with Crippen LogP contribution < -0.4 is 5.32 Å². The van der Waals surface area contributed by atoms with Crippen molar-refractivity contribution in [3.8, 4) is 0 Å². The van der Waals surface area contributed by atoms with Crippen LogP contribution in [0.4, 0.5) is 0 Å². The third kappa shape index (κ3) is 5.35. The Bertz CT molecular complexity index is 404. The van der Waals surface area contributed by atoms with E-state index in [0.29, 0.717) is 26.3 Å². The Kier molecular flexibility index (Phi) is 6.87. The molecular formula is C12H24N2O5S. The van der Waals surface area contributed by atoms with Crippen molar-refractivity contribution in [2.45, 2.75) is 26.3 Å². The van der Waals surface area contributed by atoms with E-state index in [4.69, 9.17) is 9.84 Å². The Balaban J connectivity index is 2.43. The first kappa shape index (κ1) is 17.4. The van der Waals surface area contributed by atoms with E-state index < -0.39 is 10.0 Å². The first-order valence-corrected chi connectivity index (χ1v) is 8.43. The molecular weight excluding hydrogens is 284 g/mol. The lowest BCUT2D eigenvalue weighted by molar-refractivity contribution is -0.122. The van der Waals surface area contributed by atoms with Gasteiger partial charge in [-0.2, -0.15) is 4.31 Å². The van der Waals surface area contributed by atoms with Crippen molar-refractivity contribution in [2.75, 3.05) is 38.7 Å². The summed E-state index contributed by atoms with van der Waals surface area (Å²) in [6.45, 7) is 5.08. The minimum Gasteiger partial charge on any atom is -0.394 e. The van der Waals surface area contributed by atoms with Gasteiger partial charge in [0.25, 0.3) is 0 Å².